The molecule has 0 fully saturated rings. The molecule has 0 aliphatic rings. The van der Waals surface area contributed by atoms with Crippen molar-refractivity contribution in [2.75, 3.05) is 6.54 Å². The lowest BCUT2D eigenvalue weighted by atomic mass is 9.98. The van der Waals surface area contributed by atoms with Crippen LogP contribution in [0.2, 0.25) is 0 Å². The number of carbonyl (C=O) groups is 1. The molecule has 0 saturated carbocycles. The molecule has 1 aromatic carbocycles. The first-order valence-electron chi connectivity index (χ1n) is 7.51. The van der Waals surface area contributed by atoms with E-state index in [1.165, 1.54) is 4.68 Å². The van der Waals surface area contributed by atoms with E-state index in [0.29, 0.717) is 12.8 Å². The van der Waals surface area contributed by atoms with E-state index in [1.54, 1.807) is 6.20 Å². The van der Waals surface area contributed by atoms with E-state index in [2.05, 4.69) is 15.6 Å². The lowest BCUT2D eigenvalue weighted by Crippen LogP contribution is -2.43. The molecule has 22 heavy (non-hydrogen) atoms. The zero-order chi connectivity index (χ0) is 16.0. The Balaban J connectivity index is 1.92. The van der Waals surface area contributed by atoms with Gasteiger partial charge in [0.05, 0.1) is 11.8 Å². The average Bonchev–Trinajstić information content (AvgIpc) is 3.02. The van der Waals surface area contributed by atoms with Crippen molar-refractivity contribution >= 4 is 5.91 Å². The monoisotopic (exact) mass is 302 g/mol. The molecule has 0 spiro atoms. The first kappa shape index (κ1) is 16.2. The second kappa shape index (κ2) is 7.17. The lowest BCUT2D eigenvalue weighted by molar-refractivity contribution is -0.123. The molecule has 0 atom stereocenters. The first-order chi connectivity index (χ1) is 10.6. The van der Waals surface area contributed by atoms with Gasteiger partial charge < -0.3 is 10.4 Å². The number of hydrogen-bond donors (Lipinski definition) is 2. The zero-order valence-corrected chi connectivity index (χ0v) is 13.0. The van der Waals surface area contributed by atoms with Crippen LogP contribution < -0.4 is 5.32 Å². The Morgan fingerprint density at radius 3 is 2.59 bits per heavy atom. The largest absolute Gasteiger partial charge is 0.388 e. The van der Waals surface area contributed by atoms with Crippen LogP contribution in [0.4, 0.5) is 0 Å². The summed E-state index contributed by atoms with van der Waals surface area (Å²) in [5, 5.41) is 20.9. The number of nitrogens with zero attached hydrogens (tertiary/aromatic N) is 3. The quantitative estimate of drug-likeness (QED) is 0.814. The number of aliphatic hydroxyl groups is 1. The van der Waals surface area contributed by atoms with E-state index < -0.39 is 5.60 Å². The minimum absolute atomic E-state index is 0.0866. The molecule has 0 aliphatic heterocycles. The van der Waals surface area contributed by atoms with Gasteiger partial charge in [0, 0.05) is 12.1 Å². The van der Waals surface area contributed by atoms with Gasteiger partial charge in [-0.3, -0.25) is 4.79 Å². The molecule has 0 unspecified atom stereocenters. The molecular formula is C16H22N4O2. The summed E-state index contributed by atoms with van der Waals surface area (Å²) < 4.78 is 1.49. The average molecular weight is 302 g/mol. The molecular weight excluding hydrogens is 280 g/mol. The van der Waals surface area contributed by atoms with Crippen molar-refractivity contribution in [3.63, 3.8) is 0 Å². The van der Waals surface area contributed by atoms with Gasteiger partial charge in [-0.05, 0) is 12.8 Å². The highest BCUT2D eigenvalue weighted by molar-refractivity contribution is 5.75. The van der Waals surface area contributed by atoms with Crippen molar-refractivity contribution in [2.24, 2.45) is 0 Å². The fourth-order valence-electron chi connectivity index (χ4n) is 2.08. The van der Waals surface area contributed by atoms with Gasteiger partial charge in [-0.25, -0.2) is 4.68 Å². The smallest absolute Gasteiger partial charge is 0.241 e. The van der Waals surface area contributed by atoms with Gasteiger partial charge in [-0.15, -0.1) is 5.10 Å². The molecule has 6 heteroatoms. The van der Waals surface area contributed by atoms with Gasteiger partial charge >= 0.3 is 0 Å². The summed E-state index contributed by atoms with van der Waals surface area (Å²) in [5.41, 5.74) is 0.847. The summed E-state index contributed by atoms with van der Waals surface area (Å²) in [7, 11) is 0. The maximum absolute atomic E-state index is 11.9. The number of nitrogens with one attached hydrogen (secondary N) is 1. The number of carbonyl (C=O) groups excluding carboxylic acids is 1. The zero-order valence-electron chi connectivity index (χ0n) is 13.0. The minimum Gasteiger partial charge on any atom is -0.388 e. The van der Waals surface area contributed by atoms with Crippen molar-refractivity contribution in [3.05, 3.63) is 36.5 Å². The van der Waals surface area contributed by atoms with E-state index >= 15 is 0 Å². The number of rotatable bonds is 7. The summed E-state index contributed by atoms with van der Waals surface area (Å²) in [6, 6.07) is 9.67. The Labute approximate surface area is 130 Å². The summed E-state index contributed by atoms with van der Waals surface area (Å²) in [6.07, 6.45) is 2.94. The maximum atomic E-state index is 11.9. The van der Waals surface area contributed by atoms with Crippen LogP contribution in [0.3, 0.4) is 0 Å². The number of hydrogen-bond acceptors (Lipinski definition) is 4. The van der Waals surface area contributed by atoms with Crippen LogP contribution in [0.5, 0.6) is 0 Å². The number of benzene rings is 1. The molecule has 2 aromatic rings. The Morgan fingerprint density at radius 1 is 1.27 bits per heavy atom. The Hall–Kier alpha value is -2.21. The minimum atomic E-state index is -0.840. The highest BCUT2D eigenvalue weighted by atomic mass is 16.3. The third kappa shape index (κ3) is 4.14. The summed E-state index contributed by atoms with van der Waals surface area (Å²) in [5.74, 6) is -0.190. The van der Waals surface area contributed by atoms with E-state index in [-0.39, 0.29) is 19.0 Å². The molecule has 0 aliphatic carbocycles. The van der Waals surface area contributed by atoms with Crippen LogP contribution in [0.25, 0.3) is 11.3 Å². The van der Waals surface area contributed by atoms with Crippen LogP contribution in [-0.4, -0.2) is 38.2 Å². The Kier molecular flexibility index (Phi) is 5.27. The van der Waals surface area contributed by atoms with Crippen LogP contribution >= 0.6 is 0 Å². The van der Waals surface area contributed by atoms with Crippen molar-refractivity contribution in [1.82, 2.24) is 20.3 Å². The third-order valence-corrected chi connectivity index (χ3v) is 3.84. The standard InChI is InChI=1S/C16H22N4O2/c1-3-16(22,4-2)12-17-15(21)11-20-10-14(18-19-20)13-8-6-5-7-9-13/h5-10,22H,3-4,11-12H2,1-2H3,(H,17,21). The summed E-state index contributed by atoms with van der Waals surface area (Å²) in [6.45, 7) is 4.14. The van der Waals surface area contributed by atoms with Crippen molar-refractivity contribution in [1.29, 1.82) is 0 Å². The van der Waals surface area contributed by atoms with E-state index in [1.807, 2.05) is 44.2 Å². The maximum Gasteiger partial charge on any atom is 0.241 e. The highest BCUT2D eigenvalue weighted by Crippen LogP contribution is 2.15. The van der Waals surface area contributed by atoms with Gasteiger partial charge in [0.25, 0.3) is 0 Å². The van der Waals surface area contributed by atoms with Crippen LogP contribution in [-0.2, 0) is 11.3 Å². The van der Waals surface area contributed by atoms with Crippen LogP contribution in [0, 0.1) is 0 Å². The SMILES string of the molecule is CCC(O)(CC)CNC(=O)Cn1cc(-c2ccccc2)nn1. The summed E-state index contributed by atoms with van der Waals surface area (Å²) in [4.78, 5) is 11.9. The highest BCUT2D eigenvalue weighted by Gasteiger charge is 2.22. The Morgan fingerprint density at radius 2 is 1.95 bits per heavy atom. The number of amides is 1. The fourth-order valence-corrected chi connectivity index (χ4v) is 2.08. The van der Waals surface area contributed by atoms with Gasteiger partial charge in [0.15, 0.2) is 0 Å². The van der Waals surface area contributed by atoms with Gasteiger partial charge in [-0.2, -0.15) is 0 Å². The third-order valence-electron chi connectivity index (χ3n) is 3.84. The molecule has 0 bridgehead atoms. The fraction of sp³-hybridized carbons (Fsp3) is 0.438. The van der Waals surface area contributed by atoms with E-state index in [9.17, 15) is 9.90 Å². The Bertz CT molecular complexity index is 606. The molecule has 1 heterocycles. The van der Waals surface area contributed by atoms with Crippen molar-refractivity contribution in [2.45, 2.75) is 38.8 Å². The second-order valence-corrected chi connectivity index (χ2v) is 5.38. The van der Waals surface area contributed by atoms with E-state index in [0.717, 1.165) is 11.3 Å². The van der Waals surface area contributed by atoms with Gasteiger partial charge in [0.2, 0.25) is 5.91 Å². The van der Waals surface area contributed by atoms with Crippen molar-refractivity contribution in [3.8, 4) is 11.3 Å². The molecule has 2 rings (SSSR count). The first-order valence-corrected chi connectivity index (χ1v) is 7.51. The molecule has 6 nitrogen and oxygen atoms in total. The van der Waals surface area contributed by atoms with Crippen LogP contribution in [0.15, 0.2) is 36.5 Å². The molecule has 118 valence electrons. The van der Waals surface area contributed by atoms with Gasteiger partial charge in [0.1, 0.15) is 12.2 Å². The molecule has 1 aromatic heterocycles. The predicted octanol–water partition coefficient (Wildman–Crippen LogP) is 1.61. The lowest BCUT2D eigenvalue weighted by Gasteiger charge is -2.25. The number of aromatic nitrogens is 3. The predicted molar refractivity (Wildman–Crippen MR) is 84.0 cm³/mol. The molecule has 0 radical (unpaired) electrons. The van der Waals surface area contributed by atoms with Crippen LogP contribution in [0.1, 0.15) is 26.7 Å². The topological polar surface area (TPSA) is 80.0 Å². The van der Waals surface area contributed by atoms with Crippen molar-refractivity contribution < 1.29 is 9.90 Å². The summed E-state index contributed by atoms with van der Waals surface area (Å²) >= 11 is 0. The normalized spacial score (nSPS) is 11.4. The molecule has 0 saturated heterocycles. The second-order valence-electron chi connectivity index (χ2n) is 5.38. The van der Waals surface area contributed by atoms with E-state index in [4.69, 9.17) is 0 Å². The molecule has 2 N–H and O–H groups in total. The van der Waals surface area contributed by atoms with Gasteiger partial charge in [-0.1, -0.05) is 49.4 Å². The molecule has 1 amide bonds.